The molecule has 0 saturated carbocycles. The van der Waals surface area contributed by atoms with Crippen molar-refractivity contribution in [1.82, 2.24) is 4.90 Å². The molecule has 0 bridgehead atoms. The van der Waals surface area contributed by atoms with Gasteiger partial charge in [-0.3, -0.25) is 4.90 Å². The molecule has 2 atom stereocenters. The monoisotopic (exact) mass is 287 g/mol. The first-order chi connectivity index (χ1) is 8.91. The van der Waals surface area contributed by atoms with Gasteiger partial charge in [0.1, 0.15) is 5.82 Å². The SMILES string of the molecule is CCN(Cc1cccc(F)c1)[C@H]1CS(=O)(=O)C[C@H]1O. The lowest BCUT2D eigenvalue weighted by Gasteiger charge is -2.28. The first kappa shape index (κ1) is 14.4. The van der Waals surface area contributed by atoms with Crippen LogP contribution >= 0.6 is 0 Å². The molecular formula is C13H18FNO3S. The van der Waals surface area contributed by atoms with Gasteiger partial charge in [-0.15, -0.1) is 0 Å². The van der Waals surface area contributed by atoms with Crippen LogP contribution in [0.4, 0.5) is 4.39 Å². The van der Waals surface area contributed by atoms with Crippen LogP contribution in [0, 0.1) is 5.82 Å². The van der Waals surface area contributed by atoms with Gasteiger partial charge in [0.2, 0.25) is 0 Å². The quantitative estimate of drug-likeness (QED) is 0.890. The summed E-state index contributed by atoms with van der Waals surface area (Å²) >= 11 is 0. The van der Waals surface area contributed by atoms with Gasteiger partial charge in [0.05, 0.1) is 23.7 Å². The van der Waals surface area contributed by atoms with Gasteiger partial charge in [0.25, 0.3) is 0 Å². The molecule has 1 heterocycles. The van der Waals surface area contributed by atoms with Gasteiger partial charge in [0.15, 0.2) is 9.84 Å². The number of hydrogen-bond donors (Lipinski definition) is 1. The maximum absolute atomic E-state index is 13.1. The molecule has 0 aromatic heterocycles. The van der Waals surface area contributed by atoms with Crippen LogP contribution in [0.3, 0.4) is 0 Å². The summed E-state index contributed by atoms with van der Waals surface area (Å²) < 4.78 is 36.2. The number of aliphatic hydroxyl groups is 1. The first-order valence-corrected chi connectivity index (χ1v) is 8.10. The van der Waals surface area contributed by atoms with Crippen LogP contribution in [0.25, 0.3) is 0 Å². The number of nitrogens with zero attached hydrogens (tertiary/aromatic N) is 1. The average molecular weight is 287 g/mol. The lowest BCUT2D eigenvalue weighted by atomic mass is 10.1. The Bertz CT molecular complexity index is 547. The molecule has 1 aromatic rings. The zero-order valence-electron chi connectivity index (χ0n) is 10.8. The van der Waals surface area contributed by atoms with E-state index in [4.69, 9.17) is 0 Å². The summed E-state index contributed by atoms with van der Waals surface area (Å²) in [5.41, 5.74) is 0.776. The van der Waals surface area contributed by atoms with Gasteiger partial charge in [-0.05, 0) is 24.2 Å². The number of likely N-dealkylation sites (N-methyl/N-ethyl adjacent to an activating group) is 1. The van der Waals surface area contributed by atoms with Gasteiger partial charge in [-0.2, -0.15) is 0 Å². The molecule has 19 heavy (non-hydrogen) atoms. The van der Waals surface area contributed by atoms with Gasteiger partial charge in [-0.1, -0.05) is 19.1 Å². The summed E-state index contributed by atoms with van der Waals surface area (Å²) in [6, 6.07) is 5.81. The van der Waals surface area contributed by atoms with Crippen molar-refractivity contribution in [2.75, 3.05) is 18.1 Å². The van der Waals surface area contributed by atoms with E-state index in [-0.39, 0.29) is 17.3 Å². The summed E-state index contributed by atoms with van der Waals surface area (Å²) in [5.74, 6) is -0.526. The number of halogens is 1. The second kappa shape index (κ2) is 5.56. The highest BCUT2D eigenvalue weighted by molar-refractivity contribution is 7.91. The molecule has 6 heteroatoms. The second-order valence-corrected chi connectivity index (χ2v) is 7.06. The van der Waals surface area contributed by atoms with E-state index < -0.39 is 22.0 Å². The Balaban J connectivity index is 2.13. The van der Waals surface area contributed by atoms with Crippen molar-refractivity contribution >= 4 is 9.84 Å². The van der Waals surface area contributed by atoms with Crippen LogP contribution in [-0.2, 0) is 16.4 Å². The largest absolute Gasteiger partial charge is 0.390 e. The van der Waals surface area contributed by atoms with E-state index in [0.717, 1.165) is 5.56 Å². The molecule has 0 amide bonds. The molecule has 0 spiro atoms. The summed E-state index contributed by atoms with van der Waals surface area (Å²) in [5, 5.41) is 9.86. The third kappa shape index (κ3) is 3.52. The van der Waals surface area contributed by atoms with E-state index in [1.165, 1.54) is 12.1 Å². The third-order valence-corrected chi connectivity index (χ3v) is 5.14. The van der Waals surface area contributed by atoms with Crippen molar-refractivity contribution < 1.29 is 17.9 Å². The minimum atomic E-state index is -3.17. The van der Waals surface area contributed by atoms with Gasteiger partial charge < -0.3 is 5.11 Å². The van der Waals surface area contributed by atoms with Crippen LogP contribution in [0.15, 0.2) is 24.3 Å². The highest BCUT2D eigenvalue weighted by atomic mass is 32.2. The lowest BCUT2D eigenvalue weighted by molar-refractivity contribution is 0.0818. The van der Waals surface area contributed by atoms with Crippen LogP contribution < -0.4 is 0 Å². The third-order valence-electron chi connectivity index (χ3n) is 3.44. The van der Waals surface area contributed by atoms with Crippen LogP contribution in [0.1, 0.15) is 12.5 Å². The Hall–Kier alpha value is -0.980. The van der Waals surface area contributed by atoms with E-state index in [9.17, 15) is 17.9 Å². The highest BCUT2D eigenvalue weighted by Gasteiger charge is 2.39. The summed E-state index contributed by atoms with van der Waals surface area (Å²) in [6.07, 6.45) is -0.862. The predicted molar refractivity (Wildman–Crippen MR) is 70.9 cm³/mol. The Morgan fingerprint density at radius 3 is 2.68 bits per heavy atom. The molecule has 1 aliphatic rings. The maximum atomic E-state index is 13.1. The number of aliphatic hydroxyl groups excluding tert-OH is 1. The molecule has 1 aliphatic heterocycles. The van der Waals surface area contributed by atoms with E-state index >= 15 is 0 Å². The standard InChI is InChI=1S/C13H18FNO3S/c1-2-15(7-10-4-3-5-11(14)6-10)12-8-19(17,18)9-13(12)16/h3-6,12-13,16H,2,7-9H2,1H3/t12-,13+/m0/s1. The van der Waals surface area contributed by atoms with Crippen molar-refractivity contribution in [3.8, 4) is 0 Å². The number of rotatable bonds is 4. The maximum Gasteiger partial charge on any atom is 0.154 e. The Kier molecular flexibility index (Phi) is 4.23. The molecule has 106 valence electrons. The molecule has 1 saturated heterocycles. The van der Waals surface area contributed by atoms with Gasteiger partial charge in [-0.25, -0.2) is 12.8 Å². The fourth-order valence-corrected chi connectivity index (χ4v) is 4.32. The van der Waals surface area contributed by atoms with Crippen molar-refractivity contribution in [2.45, 2.75) is 25.6 Å². The van der Waals surface area contributed by atoms with Crippen molar-refractivity contribution in [3.63, 3.8) is 0 Å². The van der Waals surface area contributed by atoms with Crippen molar-refractivity contribution in [2.24, 2.45) is 0 Å². The topological polar surface area (TPSA) is 57.6 Å². The normalized spacial score (nSPS) is 25.9. The Morgan fingerprint density at radius 2 is 2.16 bits per heavy atom. The second-order valence-electron chi connectivity index (χ2n) is 4.90. The molecular weight excluding hydrogens is 269 g/mol. The van der Waals surface area contributed by atoms with E-state index in [1.807, 2.05) is 11.8 Å². The lowest BCUT2D eigenvalue weighted by Crippen LogP contribution is -2.42. The summed E-state index contributed by atoms with van der Waals surface area (Å²) in [7, 11) is -3.17. The molecule has 0 radical (unpaired) electrons. The molecule has 1 fully saturated rings. The van der Waals surface area contributed by atoms with Crippen molar-refractivity contribution in [1.29, 1.82) is 0 Å². The molecule has 0 unspecified atom stereocenters. The minimum absolute atomic E-state index is 0.0304. The fraction of sp³-hybridized carbons (Fsp3) is 0.538. The number of benzene rings is 1. The zero-order valence-corrected chi connectivity index (χ0v) is 11.6. The average Bonchev–Trinajstić information content (AvgIpc) is 2.60. The molecule has 1 aromatic carbocycles. The Morgan fingerprint density at radius 1 is 1.42 bits per heavy atom. The summed E-state index contributed by atoms with van der Waals surface area (Å²) in [4.78, 5) is 1.88. The highest BCUT2D eigenvalue weighted by Crippen LogP contribution is 2.20. The predicted octanol–water partition coefficient (Wildman–Crippen LogP) is 0.806. The minimum Gasteiger partial charge on any atom is -0.390 e. The number of sulfone groups is 1. The number of hydrogen-bond acceptors (Lipinski definition) is 4. The Labute approximate surface area is 112 Å². The zero-order chi connectivity index (χ0) is 14.0. The van der Waals surface area contributed by atoms with Crippen LogP contribution in [0.5, 0.6) is 0 Å². The fourth-order valence-electron chi connectivity index (χ4n) is 2.49. The van der Waals surface area contributed by atoms with E-state index in [1.54, 1.807) is 12.1 Å². The van der Waals surface area contributed by atoms with E-state index in [0.29, 0.717) is 13.1 Å². The molecule has 2 rings (SSSR count). The molecule has 1 N–H and O–H groups in total. The molecule has 0 aliphatic carbocycles. The summed E-state index contributed by atoms with van der Waals surface area (Å²) in [6.45, 7) is 2.94. The van der Waals surface area contributed by atoms with Gasteiger partial charge >= 0.3 is 0 Å². The van der Waals surface area contributed by atoms with Crippen LogP contribution in [0.2, 0.25) is 0 Å². The van der Waals surface area contributed by atoms with Crippen LogP contribution in [-0.4, -0.2) is 48.6 Å². The van der Waals surface area contributed by atoms with Gasteiger partial charge in [0, 0.05) is 6.54 Å². The van der Waals surface area contributed by atoms with Crippen molar-refractivity contribution in [3.05, 3.63) is 35.6 Å². The smallest absolute Gasteiger partial charge is 0.154 e. The molecule has 4 nitrogen and oxygen atoms in total. The first-order valence-electron chi connectivity index (χ1n) is 6.28. The van der Waals surface area contributed by atoms with E-state index in [2.05, 4.69) is 0 Å².